The molecule has 0 amide bonds. The van der Waals surface area contributed by atoms with Crippen molar-refractivity contribution in [2.24, 2.45) is 5.41 Å². The number of benzene rings is 2. The molecule has 3 aliphatic rings. The normalized spacial score (nSPS) is 27.7. The highest BCUT2D eigenvalue weighted by atomic mass is 19.2. The molecule has 3 fully saturated rings. The van der Waals surface area contributed by atoms with Gasteiger partial charge in [-0.1, -0.05) is 37.6 Å². The summed E-state index contributed by atoms with van der Waals surface area (Å²) in [6.45, 7) is 3.55. The van der Waals surface area contributed by atoms with Crippen LogP contribution in [0.15, 0.2) is 36.4 Å². The maximum Gasteiger partial charge on any atom is 0.194 e. The second kappa shape index (κ2) is 6.39. The van der Waals surface area contributed by atoms with E-state index in [1.54, 1.807) is 12.1 Å². The number of ether oxygens (including phenoxy) is 2. The summed E-state index contributed by atoms with van der Waals surface area (Å²) in [4.78, 5) is 0. The van der Waals surface area contributed by atoms with Crippen LogP contribution in [-0.4, -0.2) is 13.2 Å². The Morgan fingerprint density at radius 1 is 0.885 bits per heavy atom. The zero-order chi connectivity index (χ0) is 18.4. The van der Waals surface area contributed by atoms with Crippen molar-refractivity contribution in [3.05, 3.63) is 59.4 Å². The van der Waals surface area contributed by atoms with E-state index in [0.717, 1.165) is 43.4 Å². The zero-order valence-corrected chi connectivity index (χ0v) is 14.7. The molecule has 0 N–H and O–H groups in total. The Morgan fingerprint density at radius 2 is 1.50 bits per heavy atom. The fourth-order valence-electron chi connectivity index (χ4n) is 4.09. The number of fused-ring (bicyclic) bond motifs is 3. The summed E-state index contributed by atoms with van der Waals surface area (Å²) in [5.74, 6) is -4.57. The van der Waals surface area contributed by atoms with Crippen molar-refractivity contribution in [2.45, 2.75) is 38.4 Å². The lowest BCUT2D eigenvalue weighted by Gasteiger charge is -2.53. The molecule has 0 aliphatic carbocycles. The van der Waals surface area contributed by atoms with Crippen molar-refractivity contribution in [3.63, 3.8) is 0 Å². The average Bonchev–Trinajstić information content (AvgIpc) is 2.67. The van der Waals surface area contributed by atoms with Crippen LogP contribution >= 0.6 is 0 Å². The molecule has 3 saturated heterocycles. The molecule has 26 heavy (non-hydrogen) atoms. The maximum atomic E-state index is 13.5. The maximum absolute atomic E-state index is 13.5. The van der Waals surface area contributed by atoms with Gasteiger partial charge in [-0.05, 0) is 36.1 Å². The van der Waals surface area contributed by atoms with E-state index in [1.165, 1.54) is 0 Å². The summed E-state index contributed by atoms with van der Waals surface area (Å²) >= 11 is 0. The van der Waals surface area contributed by atoms with Gasteiger partial charge in [0.25, 0.3) is 0 Å². The minimum absolute atomic E-state index is 0.138. The Labute approximate surface area is 150 Å². The topological polar surface area (TPSA) is 18.5 Å². The lowest BCUT2D eigenvalue weighted by molar-refractivity contribution is -0.351. The van der Waals surface area contributed by atoms with Crippen LogP contribution in [0.2, 0.25) is 0 Å². The number of rotatable bonds is 4. The largest absolute Gasteiger partial charge is 0.345 e. The van der Waals surface area contributed by atoms with Crippen LogP contribution in [0.4, 0.5) is 13.2 Å². The minimum atomic E-state index is -1.45. The molecule has 2 bridgehead atoms. The molecule has 3 heterocycles. The Kier molecular flexibility index (Phi) is 4.32. The molecule has 2 nitrogen and oxygen atoms in total. The fraction of sp³-hybridized carbons (Fsp3) is 0.429. The van der Waals surface area contributed by atoms with Crippen molar-refractivity contribution >= 4 is 0 Å². The third-order valence-corrected chi connectivity index (χ3v) is 5.63. The van der Waals surface area contributed by atoms with E-state index in [2.05, 4.69) is 6.92 Å². The van der Waals surface area contributed by atoms with E-state index in [-0.39, 0.29) is 5.41 Å². The quantitative estimate of drug-likeness (QED) is 0.664. The molecule has 138 valence electrons. The molecule has 0 unspecified atom stereocenters. The molecule has 5 rings (SSSR count). The van der Waals surface area contributed by atoms with Gasteiger partial charge in [-0.25, -0.2) is 13.2 Å². The van der Waals surface area contributed by atoms with Crippen LogP contribution in [0.5, 0.6) is 0 Å². The van der Waals surface area contributed by atoms with Crippen LogP contribution in [0.25, 0.3) is 11.1 Å². The van der Waals surface area contributed by atoms with E-state index >= 15 is 0 Å². The molecule has 0 aromatic heterocycles. The van der Waals surface area contributed by atoms with Gasteiger partial charge in [0.15, 0.2) is 23.2 Å². The van der Waals surface area contributed by atoms with E-state index in [1.807, 2.05) is 12.1 Å². The standard InChI is InChI=1S/C21H21F3O2/c1-2-7-20-8-9-21(25-12-20,26-13-20)16-5-3-14(4-6-16)15-10-17(22)19(24)18(23)11-15/h3-6,10-11H,2,7-9,12-13H2,1H3. The van der Waals surface area contributed by atoms with Crippen LogP contribution in [0.1, 0.15) is 38.2 Å². The molecule has 5 heteroatoms. The molecule has 0 atom stereocenters. The molecule has 0 saturated carbocycles. The first kappa shape index (κ1) is 17.6. The fourth-order valence-corrected chi connectivity index (χ4v) is 4.09. The summed E-state index contributed by atoms with van der Waals surface area (Å²) in [5, 5.41) is 0. The van der Waals surface area contributed by atoms with Gasteiger partial charge in [0.05, 0.1) is 13.2 Å². The van der Waals surface area contributed by atoms with Crippen molar-refractivity contribution < 1.29 is 22.6 Å². The van der Waals surface area contributed by atoms with Crippen molar-refractivity contribution in [3.8, 4) is 11.1 Å². The number of halogens is 3. The Hall–Kier alpha value is -1.85. The molecule has 2 aromatic rings. The minimum Gasteiger partial charge on any atom is -0.345 e. The smallest absolute Gasteiger partial charge is 0.194 e. The van der Waals surface area contributed by atoms with Crippen molar-refractivity contribution in [1.29, 1.82) is 0 Å². The summed E-state index contributed by atoms with van der Waals surface area (Å²) in [6.07, 6.45) is 4.08. The SMILES string of the molecule is CCCC12CCC(c3ccc(-c4cc(F)c(F)c(F)c4)cc3)(OC1)OC2. The van der Waals surface area contributed by atoms with Gasteiger partial charge in [-0.2, -0.15) is 0 Å². The lowest BCUT2D eigenvalue weighted by Crippen LogP contribution is -2.53. The highest BCUT2D eigenvalue weighted by molar-refractivity contribution is 5.64. The van der Waals surface area contributed by atoms with Gasteiger partial charge in [-0.15, -0.1) is 0 Å². The Balaban J connectivity index is 1.58. The summed E-state index contributed by atoms with van der Waals surface area (Å²) < 4.78 is 52.3. The third-order valence-electron chi connectivity index (χ3n) is 5.63. The summed E-state index contributed by atoms with van der Waals surface area (Å²) in [5.41, 5.74) is 1.94. The van der Waals surface area contributed by atoms with E-state index in [4.69, 9.17) is 9.47 Å². The third kappa shape index (κ3) is 2.83. The zero-order valence-electron chi connectivity index (χ0n) is 14.7. The molecule has 2 aromatic carbocycles. The Morgan fingerprint density at radius 3 is 2.00 bits per heavy atom. The molecule has 3 aliphatic heterocycles. The first-order chi connectivity index (χ1) is 12.5. The highest BCUT2D eigenvalue weighted by Gasteiger charge is 2.51. The average molecular weight is 362 g/mol. The second-order valence-corrected chi connectivity index (χ2v) is 7.41. The van der Waals surface area contributed by atoms with Gasteiger partial charge in [-0.3, -0.25) is 0 Å². The predicted octanol–water partition coefficient (Wildman–Crippen LogP) is 5.55. The van der Waals surface area contributed by atoms with E-state index < -0.39 is 23.2 Å². The van der Waals surface area contributed by atoms with Crippen LogP contribution in [0, 0.1) is 22.9 Å². The lowest BCUT2D eigenvalue weighted by atomic mass is 9.74. The highest BCUT2D eigenvalue weighted by Crippen LogP contribution is 2.51. The summed E-state index contributed by atoms with van der Waals surface area (Å²) in [7, 11) is 0. The first-order valence-corrected chi connectivity index (χ1v) is 9.00. The van der Waals surface area contributed by atoms with Crippen LogP contribution < -0.4 is 0 Å². The predicted molar refractivity (Wildman–Crippen MR) is 91.9 cm³/mol. The molecule has 0 spiro atoms. The van der Waals surface area contributed by atoms with Crippen LogP contribution in [-0.2, 0) is 15.3 Å². The first-order valence-electron chi connectivity index (χ1n) is 9.00. The van der Waals surface area contributed by atoms with Gasteiger partial charge in [0.2, 0.25) is 0 Å². The van der Waals surface area contributed by atoms with Crippen molar-refractivity contribution in [2.75, 3.05) is 13.2 Å². The van der Waals surface area contributed by atoms with Crippen molar-refractivity contribution in [1.82, 2.24) is 0 Å². The van der Waals surface area contributed by atoms with Gasteiger partial charge in [0.1, 0.15) is 0 Å². The molecule has 0 radical (unpaired) electrons. The monoisotopic (exact) mass is 362 g/mol. The van der Waals surface area contributed by atoms with Gasteiger partial charge >= 0.3 is 0 Å². The second-order valence-electron chi connectivity index (χ2n) is 7.41. The van der Waals surface area contributed by atoms with E-state index in [0.29, 0.717) is 24.3 Å². The molecular weight excluding hydrogens is 341 g/mol. The van der Waals surface area contributed by atoms with Crippen LogP contribution in [0.3, 0.4) is 0 Å². The van der Waals surface area contributed by atoms with Gasteiger partial charge in [0, 0.05) is 17.4 Å². The number of hydrogen-bond acceptors (Lipinski definition) is 2. The van der Waals surface area contributed by atoms with E-state index in [9.17, 15) is 13.2 Å². The Bertz CT molecular complexity index is 769. The summed E-state index contributed by atoms with van der Waals surface area (Å²) in [6, 6.07) is 9.22. The molecular formula is C21H21F3O2. The van der Waals surface area contributed by atoms with Gasteiger partial charge < -0.3 is 9.47 Å². The number of hydrogen-bond donors (Lipinski definition) is 0.